The van der Waals surface area contributed by atoms with Crippen LogP contribution in [0.4, 0.5) is 0 Å². The number of carbonyl (C=O) groups excluding carboxylic acids is 1. The van der Waals surface area contributed by atoms with Gasteiger partial charge in [0.05, 0.1) is 50.4 Å². The van der Waals surface area contributed by atoms with Crippen molar-refractivity contribution in [1.82, 2.24) is 24.2 Å². The Morgan fingerprint density at radius 2 is 1.76 bits per heavy atom. The van der Waals surface area contributed by atoms with Crippen molar-refractivity contribution < 1.29 is 19.0 Å². The first-order valence-corrected chi connectivity index (χ1v) is 10.7. The summed E-state index contributed by atoms with van der Waals surface area (Å²) in [7, 11) is 5.01. The van der Waals surface area contributed by atoms with Gasteiger partial charge in [0.1, 0.15) is 23.4 Å². The van der Waals surface area contributed by atoms with E-state index in [0.29, 0.717) is 43.4 Å². The van der Waals surface area contributed by atoms with Crippen LogP contribution in [0, 0.1) is 0 Å². The first-order chi connectivity index (χ1) is 16.1. The Morgan fingerprint density at radius 3 is 2.39 bits per heavy atom. The minimum absolute atomic E-state index is 0.129. The van der Waals surface area contributed by atoms with Gasteiger partial charge in [-0.1, -0.05) is 6.07 Å². The molecule has 170 valence electrons. The first-order valence-electron chi connectivity index (χ1n) is 10.7. The van der Waals surface area contributed by atoms with E-state index in [2.05, 4.69) is 10.1 Å². The third-order valence-electron chi connectivity index (χ3n) is 5.87. The summed E-state index contributed by atoms with van der Waals surface area (Å²) in [5, 5.41) is 4.25. The lowest BCUT2D eigenvalue weighted by atomic mass is 10.1. The van der Waals surface area contributed by atoms with Gasteiger partial charge < -0.3 is 19.1 Å². The van der Waals surface area contributed by atoms with Gasteiger partial charge in [0.2, 0.25) is 0 Å². The normalized spacial score (nSPS) is 14.0. The number of ether oxygens (including phenoxy) is 3. The Balaban J connectivity index is 1.55. The summed E-state index contributed by atoms with van der Waals surface area (Å²) < 4.78 is 20.4. The summed E-state index contributed by atoms with van der Waals surface area (Å²) in [6, 6.07) is 9.78. The highest BCUT2D eigenvalue weighted by molar-refractivity contribution is 6.00. The number of hydrogen-bond donors (Lipinski definition) is 0. The molecule has 1 amide bonds. The van der Waals surface area contributed by atoms with Crippen LogP contribution in [0.25, 0.3) is 27.8 Å². The monoisotopic (exact) mass is 447 g/mol. The fourth-order valence-corrected chi connectivity index (χ4v) is 4.14. The van der Waals surface area contributed by atoms with Crippen molar-refractivity contribution in [3.63, 3.8) is 0 Å². The second-order valence-electron chi connectivity index (χ2n) is 7.85. The van der Waals surface area contributed by atoms with Gasteiger partial charge in [-0.3, -0.25) is 14.0 Å². The van der Waals surface area contributed by atoms with Crippen molar-refractivity contribution >= 4 is 16.9 Å². The number of aromatic nitrogens is 4. The summed E-state index contributed by atoms with van der Waals surface area (Å²) in [6.45, 7) is 2.13. The van der Waals surface area contributed by atoms with Gasteiger partial charge in [0.25, 0.3) is 5.91 Å². The Labute approximate surface area is 191 Å². The van der Waals surface area contributed by atoms with Crippen molar-refractivity contribution in [2.24, 2.45) is 7.05 Å². The van der Waals surface area contributed by atoms with Crippen molar-refractivity contribution in [2.75, 3.05) is 40.5 Å². The zero-order chi connectivity index (χ0) is 22.9. The molecule has 33 heavy (non-hydrogen) atoms. The lowest BCUT2D eigenvalue weighted by molar-refractivity contribution is 0.0299. The van der Waals surface area contributed by atoms with Crippen LogP contribution < -0.4 is 9.47 Å². The molecule has 1 fully saturated rings. The van der Waals surface area contributed by atoms with Gasteiger partial charge in [-0.05, 0) is 17.7 Å². The molecule has 9 heteroatoms. The predicted octanol–water partition coefficient (Wildman–Crippen LogP) is 2.92. The highest BCUT2D eigenvalue weighted by atomic mass is 16.5. The molecular formula is C24H25N5O4. The molecule has 4 aromatic rings. The molecule has 2 aromatic carbocycles. The van der Waals surface area contributed by atoms with E-state index in [0.717, 1.165) is 27.8 Å². The highest BCUT2D eigenvalue weighted by Gasteiger charge is 2.26. The topological polar surface area (TPSA) is 83.6 Å². The van der Waals surface area contributed by atoms with Crippen molar-refractivity contribution in [1.29, 1.82) is 0 Å². The van der Waals surface area contributed by atoms with Gasteiger partial charge in [-0.2, -0.15) is 5.10 Å². The zero-order valence-electron chi connectivity index (χ0n) is 18.8. The lowest BCUT2D eigenvalue weighted by Gasteiger charge is -2.28. The molecule has 0 unspecified atom stereocenters. The predicted molar refractivity (Wildman–Crippen MR) is 123 cm³/mol. The van der Waals surface area contributed by atoms with E-state index in [1.54, 1.807) is 30.1 Å². The minimum atomic E-state index is -0.129. The third-order valence-corrected chi connectivity index (χ3v) is 5.87. The van der Waals surface area contributed by atoms with Crippen LogP contribution in [0.1, 0.15) is 10.4 Å². The van der Waals surface area contributed by atoms with E-state index in [1.807, 2.05) is 54.3 Å². The molecule has 0 aliphatic carbocycles. The standard InChI is InChI=1S/C24H25N5O4/c1-27-14-17(13-26-27)16-4-5-20-19(10-16)25-15-29(20)18-11-21(31-2)23(22(12-18)32-3)24(30)28-6-8-33-9-7-28/h4-5,10-15H,6-9H2,1-3H3. The third kappa shape index (κ3) is 3.80. The fourth-order valence-electron chi connectivity index (χ4n) is 4.14. The van der Waals surface area contributed by atoms with E-state index >= 15 is 0 Å². The molecule has 0 saturated carbocycles. The number of methoxy groups -OCH3 is 2. The average Bonchev–Trinajstić information content (AvgIpc) is 3.49. The van der Waals surface area contributed by atoms with E-state index in [4.69, 9.17) is 14.2 Å². The Bertz CT molecular complexity index is 1290. The van der Waals surface area contributed by atoms with E-state index in [9.17, 15) is 4.79 Å². The van der Waals surface area contributed by atoms with Gasteiger partial charge in [0.15, 0.2) is 0 Å². The zero-order valence-corrected chi connectivity index (χ0v) is 18.8. The van der Waals surface area contributed by atoms with Crippen molar-refractivity contribution in [2.45, 2.75) is 0 Å². The van der Waals surface area contributed by atoms with E-state index in [1.165, 1.54) is 0 Å². The number of nitrogens with zero attached hydrogens (tertiary/aromatic N) is 5. The second-order valence-corrected chi connectivity index (χ2v) is 7.85. The lowest BCUT2D eigenvalue weighted by Crippen LogP contribution is -2.41. The number of morpholine rings is 1. The number of hydrogen-bond acceptors (Lipinski definition) is 6. The molecule has 1 aliphatic heterocycles. The molecule has 2 aromatic heterocycles. The van der Waals surface area contributed by atoms with Gasteiger partial charge in [-0.15, -0.1) is 0 Å². The van der Waals surface area contributed by atoms with Crippen LogP contribution in [0.5, 0.6) is 11.5 Å². The van der Waals surface area contributed by atoms with Crippen LogP contribution in [0.2, 0.25) is 0 Å². The SMILES string of the molecule is COc1cc(-n2cnc3cc(-c4cnn(C)c4)ccc32)cc(OC)c1C(=O)N1CCOCC1. The number of amides is 1. The number of imidazole rings is 1. The van der Waals surface area contributed by atoms with Crippen LogP contribution in [0.15, 0.2) is 49.1 Å². The molecule has 1 saturated heterocycles. The van der Waals surface area contributed by atoms with E-state index < -0.39 is 0 Å². The van der Waals surface area contributed by atoms with Gasteiger partial charge >= 0.3 is 0 Å². The average molecular weight is 447 g/mol. The molecule has 5 rings (SSSR count). The maximum absolute atomic E-state index is 13.2. The fraction of sp³-hybridized carbons (Fsp3) is 0.292. The second kappa shape index (κ2) is 8.59. The molecular weight excluding hydrogens is 422 g/mol. The number of aryl methyl sites for hydroxylation is 1. The summed E-state index contributed by atoms with van der Waals surface area (Å²) in [5.41, 5.74) is 5.06. The Hall–Kier alpha value is -3.85. The van der Waals surface area contributed by atoms with Crippen LogP contribution in [-0.2, 0) is 11.8 Å². The summed E-state index contributed by atoms with van der Waals surface area (Å²) in [5.74, 6) is 0.777. The van der Waals surface area contributed by atoms with Crippen LogP contribution in [0.3, 0.4) is 0 Å². The maximum Gasteiger partial charge on any atom is 0.261 e. The molecule has 9 nitrogen and oxygen atoms in total. The number of benzene rings is 2. The van der Waals surface area contributed by atoms with Crippen molar-refractivity contribution in [3.05, 3.63) is 54.6 Å². The summed E-state index contributed by atoms with van der Waals surface area (Å²) >= 11 is 0. The number of carbonyl (C=O) groups is 1. The smallest absolute Gasteiger partial charge is 0.261 e. The Kier molecular flexibility index (Phi) is 5.47. The number of rotatable bonds is 5. The van der Waals surface area contributed by atoms with Crippen LogP contribution in [-0.4, -0.2) is 70.7 Å². The molecule has 0 radical (unpaired) electrons. The maximum atomic E-state index is 13.2. The molecule has 0 bridgehead atoms. The summed E-state index contributed by atoms with van der Waals surface area (Å²) in [4.78, 5) is 19.6. The molecule has 3 heterocycles. The molecule has 0 N–H and O–H groups in total. The Morgan fingerprint density at radius 1 is 1.03 bits per heavy atom. The highest BCUT2D eigenvalue weighted by Crippen LogP contribution is 2.35. The van der Waals surface area contributed by atoms with Gasteiger partial charge in [-0.25, -0.2) is 4.98 Å². The van der Waals surface area contributed by atoms with E-state index in [-0.39, 0.29) is 5.91 Å². The van der Waals surface area contributed by atoms with Crippen molar-refractivity contribution in [3.8, 4) is 28.3 Å². The minimum Gasteiger partial charge on any atom is -0.496 e. The first kappa shape index (κ1) is 21.0. The van der Waals surface area contributed by atoms with Crippen LogP contribution >= 0.6 is 0 Å². The molecule has 1 aliphatic rings. The molecule has 0 spiro atoms. The number of fused-ring (bicyclic) bond motifs is 1. The largest absolute Gasteiger partial charge is 0.496 e. The van der Waals surface area contributed by atoms with Gasteiger partial charge in [0, 0.05) is 44.0 Å². The quantitative estimate of drug-likeness (QED) is 0.468. The summed E-state index contributed by atoms with van der Waals surface area (Å²) in [6.07, 6.45) is 5.56. The molecule has 0 atom stereocenters.